The molecule has 1 aromatic heterocycles. The number of hydrogen-bond acceptors (Lipinski definition) is 5. The third-order valence-corrected chi connectivity index (χ3v) is 6.34. The molecule has 2 amide bonds. The van der Waals surface area contributed by atoms with E-state index in [0.717, 1.165) is 38.2 Å². The molecule has 1 aliphatic carbocycles. The van der Waals surface area contributed by atoms with Gasteiger partial charge in [-0.05, 0) is 25.2 Å². The SMILES string of the molecule is COc1cc(=O)n2c(c1C(=O)N1CCNC(=O)C1)CCN(CC1CC=CCC1)CC2. The van der Waals surface area contributed by atoms with Gasteiger partial charge in [0.05, 0.1) is 13.7 Å². The number of amides is 2. The van der Waals surface area contributed by atoms with Crippen LogP contribution in [0, 0.1) is 5.92 Å². The average molecular weight is 415 g/mol. The van der Waals surface area contributed by atoms with Gasteiger partial charge < -0.3 is 24.4 Å². The van der Waals surface area contributed by atoms with Crippen LogP contribution < -0.4 is 15.6 Å². The summed E-state index contributed by atoms with van der Waals surface area (Å²) in [6.45, 7) is 4.08. The smallest absolute Gasteiger partial charge is 0.259 e. The van der Waals surface area contributed by atoms with Crippen molar-refractivity contribution in [1.29, 1.82) is 0 Å². The maximum Gasteiger partial charge on any atom is 0.259 e. The molecule has 8 heteroatoms. The van der Waals surface area contributed by atoms with E-state index >= 15 is 0 Å². The Kier molecular flexibility index (Phi) is 6.22. The van der Waals surface area contributed by atoms with Crippen LogP contribution in [-0.4, -0.2) is 72.6 Å². The fraction of sp³-hybridized carbons (Fsp3) is 0.591. The van der Waals surface area contributed by atoms with E-state index in [1.165, 1.54) is 19.6 Å². The third kappa shape index (κ3) is 4.28. The standard InChI is InChI=1S/C22H30N4O4/c1-30-18-13-20(28)26-12-11-24(14-16-5-3-2-4-6-16)9-7-17(26)21(18)22(29)25-10-8-23-19(27)15-25/h2-3,13,16H,4-12,14-15H2,1H3,(H,23,27). The van der Waals surface area contributed by atoms with E-state index in [1.807, 2.05) is 0 Å². The lowest BCUT2D eigenvalue weighted by Gasteiger charge is -2.28. The molecule has 1 fully saturated rings. The Balaban J connectivity index is 1.60. The van der Waals surface area contributed by atoms with E-state index in [1.54, 1.807) is 9.47 Å². The summed E-state index contributed by atoms with van der Waals surface area (Å²) in [6.07, 6.45) is 8.57. The van der Waals surface area contributed by atoms with E-state index in [2.05, 4.69) is 22.4 Å². The zero-order chi connectivity index (χ0) is 21.1. The first-order valence-electron chi connectivity index (χ1n) is 10.8. The molecule has 1 saturated heterocycles. The first kappa shape index (κ1) is 20.7. The van der Waals surface area contributed by atoms with Gasteiger partial charge >= 0.3 is 0 Å². The molecule has 1 N–H and O–H groups in total. The van der Waals surface area contributed by atoms with Crippen molar-refractivity contribution >= 4 is 11.8 Å². The molecule has 0 spiro atoms. The summed E-state index contributed by atoms with van der Waals surface area (Å²) >= 11 is 0. The summed E-state index contributed by atoms with van der Waals surface area (Å²) in [4.78, 5) is 41.9. The number of pyridine rings is 1. The molecular formula is C22H30N4O4. The number of allylic oxidation sites excluding steroid dienone is 2. The van der Waals surface area contributed by atoms with Gasteiger partial charge in [-0.2, -0.15) is 0 Å². The van der Waals surface area contributed by atoms with Gasteiger partial charge in [0, 0.05) is 57.4 Å². The molecule has 1 atom stereocenters. The number of fused-ring (bicyclic) bond motifs is 1. The van der Waals surface area contributed by atoms with Crippen LogP contribution in [0.25, 0.3) is 0 Å². The number of ether oxygens (including phenoxy) is 1. The van der Waals surface area contributed by atoms with Gasteiger partial charge in [-0.1, -0.05) is 12.2 Å². The van der Waals surface area contributed by atoms with Gasteiger partial charge in [-0.3, -0.25) is 14.4 Å². The van der Waals surface area contributed by atoms with Crippen molar-refractivity contribution in [1.82, 2.24) is 19.7 Å². The van der Waals surface area contributed by atoms with Crippen LogP contribution in [0.5, 0.6) is 5.75 Å². The van der Waals surface area contributed by atoms with Crippen molar-refractivity contribution in [2.45, 2.75) is 32.2 Å². The molecule has 0 saturated carbocycles. The Labute approximate surface area is 176 Å². The van der Waals surface area contributed by atoms with Crippen LogP contribution in [-0.2, 0) is 17.8 Å². The molecule has 0 radical (unpaired) electrons. The normalized spacial score (nSPS) is 22.2. The maximum atomic E-state index is 13.3. The minimum atomic E-state index is -0.240. The number of nitrogens with zero attached hydrogens (tertiary/aromatic N) is 3. The van der Waals surface area contributed by atoms with Gasteiger partial charge in [0.25, 0.3) is 11.5 Å². The van der Waals surface area contributed by atoms with E-state index < -0.39 is 0 Å². The van der Waals surface area contributed by atoms with Crippen LogP contribution >= 0.6 is 0 Å². The molecule has 2 aliphatic heterocycles. The maximum absolute atomic E-state index is 13.3. The van der Waals surface area contributed by atoms with Crippen LogP contribution in [0.2, 0.25) is 0 Å². The number of rotatable bonds is 4. The zero-order valence-corrected chi connectivity index (χ0v) is 17.6. The highest BCUT2D eigenvalue weighted by Gasteiger charge is 2.30. The Bertz CT molecular complexity index is 907. The molecule has 3 heterocycles. The lowest BCUT2D eigenvalue weighted by Crippen LogP contribution is -2.50. The fourth-order valence-corrected chi connectivity index (χ4v) is 4.72. The number of aromatic nitrogens is 1. The highest BCUT2D eigenvalue weighted by atomic mass is 16.5. The second kappa shape index (κ2) is 9.04. The summed E-state index contributed by atoms with van der Waals surface area (Å²) in [5.41, 5.74) is 1.01. The molecule has 1 unspecified atom stereocenters. The van der Waals surface area contributed by atoms with Crippen LogP contribution in [0.4, 0.5) is 0 Å². The molecular weight excluding hydrogens is 384 g/mol. The highest BCUT2D eigenvalue weighted by molar-refractivity contribution is 6.00. The average Bonchev–Trinajstić information content (AvgIpc) is 2.97. The Morgan fingerprint density at radius 2 is 2.07 bits per heavy atom. The van der Waals surface area contributed by atoms with Gasteiger partial charge in [0.2, 0.25) is 5.91 Å². The molecule has 1 aromatic rings. The van der Waals surface area contributed by atoms with Crippen LogP contribution in [0.3, 0.4) is 0 Å². The number of hydrogen-bond donors (Lipinski definition) is 1. The van der Waals surface area contributed by atoms with Crippen LogP contribution in [0.15, 0.2) is 23.0 Å². The number of carbonyl (C=O) groups is 2. The molecule has 30 heavy (non-hydrogen) atoms. The van der Waals surface area contributed by atoms with Crippen molar-refractivity contribution in [3.63, 3.8) is 0 Å². The van der Waals surface area contributed by atoms with Crippen molar-refractivity contribution in [3.05, 3.63) is 39.8 Å². The lowest BCUT2D eigenvalue weighted by molar-refractivity contribution is -0.123. The molecule has 162 valence electrons. The Morgan fingerprint density at radius 1 is 1.20 bits per heavy atom. The first-order chi connectivity index (χ1) is 14.6. The number of methoxy groups -OCH3 is 1. The van der Waals surface area contributed by atoms with E-state index in [9.17, 15) is 14.4 Å². The highest BCUT2D eigenvalue weighted by Crippen LogP contribution is 2.26. The Hall–Kier alpha value is -2.61. The molecule has 0 aromatic carbocycles. The zero-order valence-electron chi connectivity index (χ0n) is 17.6. The second-order valence-electron chi connectivity index (χ2n) is 8.30. The molecule has 8 nitrogen and oxygen atoms in total. The van der Waals surface area contributed by atoms with Gasteiger partial charge in [-0.25, -0.2) is 0 Å². The first-order valence-corrected chi connectivity index (χ1v) is 10.8. The number of piperazine rings is 1. The van der Waals surface area contributed by atoms with E-state index in [4.69, 9.17) is 4.74 Å². The van der Waals surface area contributed by atoms with E-state index in [0.29, 0.717) is 43.3 Å². The largest absolute Gasteiger partial charge is 0.496 e. The van der Waals surface area contributed by atoms with Gasteiger partial charge in [-0.15, -0.1) is 0 Å². The summed E-state index contributed by atoms with van der Waals surface area (Å²) in [6, 6.07) is 1.41. The van der Waals surface area contributed by atoms with Crippen molar-refractivity contribution in [3.8, 4) is 5.75 Å². The number of nitrogens with one attached hydrogen (secondary N) is 1. The second-order valence-corrected chi connectivity index (χ2v) is 8.30. The fourth-order valence-electron chi connectivity index (χ4n) is 4.72. The summed E-state index contributed by atoms with van der Waals surface area (Å²) in [7, 11) is 1.48. The van der Waals surface area contributed by atoms with Crippen LogP contribution in [0.1, 0.15) is 35.3 Å². The minimum Gasteiger partial charge on any atom is -0.496 e. The molecule has 0 bridgehead atoms. The topological polar surface area (TPSA) is 83.9 Å². The quantitative estimate of drug-likeness (QED) is 0.732. The number of carbonyl (C=O) groups excluding carboxylic acids is 2. The summed E-state index contributed by atoms with van der Waals surface area (Å²) in [5, 5.41) is 2.74. The lowest BCUT2D eigenvalue weighted by atomic mass is 9.94. The van der Waals surface area contributed by atoms with Gasteiger partial charge in [0.15, 0.2) is 0 Å². The molecule has 3 aliphatic rings. The monoisotopic (exact) mass is 414 g/mol. The van der Waals surface area contributed by atoms with Crippen molar-refractivity contribution in [2.24, 2.45) is 5.92 Å². The van der Waals surface area contributed by atoms with Gasteiger partial charge in [0.1, 0.15) is 11.3 Å². The predicted octanol–water partition coefficient (Wildman–Crippen LogP) is 0.643. The molecule has 4 rings (SSSR count). The van der Waals surface area contributed by atoms with E-state index in [-0.39, 0.29) is 23.9 Å². The summed E-state index contributed by atoms with van der Waals surface area (Å²) < 4.78 is 7.16. The minimum absolute atomic E-state index is 0.0296. The van der Waals surface area contributed by atoms with Crippen molar-refractivity contribution in [2.75, 3.05) is 46.4 Å². The predicted molar refractivity (Wildman–Crippen MR) is 113 cm³/mol. The van der Waals surface area contributed by atoms with Crippen molar-refractivity contribution < 1.29 is 14.3 Å². The summed E-state index contributed by atoms with van der Waals surface area (Å²) in [5.74, 6) is 0.542. The Morgan fingerprint density at radius 3 is 2.80 bits per heavy atom. The third-order valence-electron chi connectivity index (χ3n) is 6.34.